The van der Waals surface area contributed by atoms with E-state index in [2.05, 4.69) is 27.5 Å². The van der Waals surface area contributed by atoms with Gasteiger partial charge in [0.25, 0.3) is 5.91 Å². The zero-order chi connectivity index (χ0) is 20.8. The second-order valence-corrected chi connectivity index (χ2v) is 6.90. The van der Waals surface area contributed by atoms with Crippen LogP contribution in [0.1, 0.15) is 18.5 Å². The largest absolute Gasteiger partial charge is 0.484 e. The fraction of sp³-hybridized carbons (Fsp3) is 0.125. The zero-order valence-corrected chi connectivity index (χ0v) is 16.6. The molecule has 0 saturated carbocycles. The van der Waals surface area contributed by atoms with Crippen LogP contribution in [0.15, 0.2) is 91.5 Å². The molecule has 0 saturated heterocycles. The molecule has 1 amide bonds. The average Bonchev–Trinajstić information content (AvgIpc) is 3.34. The summed E-state index contributed by atoms with van der Waals surface area (Å²) in [5.74, 6) is 0.490. The number of hydrogen-bond donors (Lipinski definition) is 1. The van der Waals surface area contributed by atoms with Crippen molar-refractivity contribution in [3.63, 3.8) is 0 Å². The Bertz CT molecular complexity index is 1080. The van der Waals surface area contributed by atoms with E-state index in [4.69, 9.17) is 4.74 Å². The summed E-state index contributed by atoms with van der Waals surface area (Å²) in [6, 6.07) is 25.5. The minimum atomic E-state index is -0.171. The Morgan fingerprint density at radius 2 is 1.67 bits per heavy atom. The van der Waals surface area contributed by atoms with Gasteiger partial charge in [-0.25, -0.2) is 9.67 Å². The van der Waals surface area contributed by atoms with E-state index >= 15 is 0 Å². The number of benzene rings is 3. The molecule has 6 nitrogen and oxygen atoms in total. The number of carbonyl (C=O) groups is 1. The van der Waals surface area contributed by atoms with E-state index in [9.17, 15) is 4.79 Å². The molecule has 1 aromatic heterocycles. The van der Waals surface area contributed by atoms with Gasteiger partial charge in [0.05, 0.1) is 11.7 Å². The van der Waals surface area contributed by atoms with Crippen LogP contribution in [0.25, 0.3) is 16.8 Å². The molecule has 0 radical (unpaired) electrons. The molecule has 6 heteroatoms. The molecule has 3 aromatic carbocycles. The minimum Gasteiger partial charge on any atom is -0.484 e. The lowest BCUT2D eigenvalue weighted by Crippen LogP contribution is -2.31. The Kier molecular flexibility index (Phi) is 5.85. The molecule has 4 aromatic rings. The molecule has 0 spiro atoms. The highest BCUT2D eigenvalue weighted by Crippen LogP contribution is 2.22. The molecule has 0 bridgehead atoms. The van der Waals surface area contributed by atoms with Crippen molar-refractivity contribution in [1.29, 1.82) is 0 Å². The van der Waals surface area contributed by atoms with Crippen LogP contribution < -0.4 is 10.1 Å². The predicted molar refractivity (Wildman–Crippen MR) is 115 cm³/mol. The summed E-state index contributed by atoms with van der Waals surface area (Å²) >= 11 is 0. The first-order valence-electron chi connectivity index (χ1n) is 9.71. The highest BCUT2D eigenvalue weighted by atomic mass is 16.5. The van der Waals surface area contributed by atoms with Gasteiger partial charge in [0.1, 0.15) is 18.4 Å². The number of ether oxygens (including phenoxy) is 1. The molecule has 0 aliphatic heterocycles. The minimum absolute atomic E-state index is 0.0357. The summed E-state index contributed by atoms with van der Waals surface area (Å²) in [5, 5.41) is 7.06. The van der Waals surface area contributed by atoms with Gasteiger partial charge in [-0.2, -0.15) is 5.10 Å². The Morgan fingerprint density at radius 3 is 2.33 bits per heavy atom. The average molecular weight is 398 g/mol. The van der Waals surface area contributed by atoms with E-state index in [-0.39, 0.29) is 18.6 Å². The Hall–Kier alpha value is -3.93. The summed E-state index contributed by atoms with van der Waals surface area (Å²) in [6.45, 7) is 1.91. The second kappa shape index (κ2) is 9.05. The molecule has 1 N–H and O–H groups in total. The fourth-order valence-corrected chi connectivity index (χ4v) is 3.15. The van der Waals surface area contributed by atoms with Crippen molar-refractivity contribution in [3.8, 4) is 22.6 Å². The van der Waals surface area contributed by atoms with Crippen LogP contribution >= 0.6 is 0 Å². The third-order valence-electron chi connectivity index (χ3n) is 4.79. The van der Waals surface area contributed by atoms with Gasteiger partial charge in [-0.3, -0.25) is 4.79 Å². The number of rotatable bonds is 7. The highest BCUT2D eigenvalue weighted by molar-refractivity contribution is 5.78. The quantitative estimate of drug-likeness (QED) is 0.507. The molecule has 1 heterocycles. The summed E-state index contributed by atoms with van der Waals surface area (Å²) in [4.78, 5) is 16.2. The lowest BCUT2D eigenvalue weighted by molar-refractivity contribution is -0.123. The molecule has 1 atom stereocenters. The van der Waals surface area contributed by atoms with Gasteiger partial charge in [0.2, 0.25) is 0 Å². The van der Waals surface area contributed by atoms with E-state index in [1.807, 2.05) is 73.7 Å². The van der Waals surface area contributed by atoms with Crippen LogP contribution in [0.5, 0.6) is 5.75 Å². The van der Waals surface area contributed by atoms with Gasteiger partial charge in [0.15, 0.2) is 6.61 Å². The molecule has 0 unspecified atom stereocenters. The number of nitrogens with one attached hydrogen (secondary N) is 1. The lowest BCUT2D eigenvalue weighted by atomic mass is 10.1. The Labute approximate surface area is 175 Å². The molecule has 0 fully saturated rings. The predicted octanol–water partition coefficient (Wildman–Crippen LogP) is 4.19. The third-order valence-corrected chi connectivity index (χ3v) is 4.79. The number of nitrogens with zero attached hydrogens (tertiary/aromatic N) is 3. The van der Waals surface area contributed by atoms with Crippen molar-refractivity contribution in [2.75, 3.05) is 6.61 Å². The molecule has 150 valence electrons. The zero-order valence-electron chi connectivity index (χ0n) is 16.6. The van der Waals surface area contributed by atoms with Crippen LogP contribution in [0, 0.1) is 0 Å². The molecule has 30 heavy (non-hydrogen) atoms. The van der Waals surface area contributed by atoms with Crippen LogP contribution in [-0.4, -0.2) is 27.3 Å². The number of carbonyl (C=O) groups excluding carboxylic acids is 1. The standard InChI is InChI=1S/C24H22N4O2/c1-18(19-7-11-22(12-8-19)28-17-25-16-26-28)27-24(29)15-30-23-13-9-21(10-14-23)20-5-3-2-4-6-20/h2-14,16-18H,15H2,1H3,(H,27,29)/t18-/m1/s1. The van der Waals surface area contributed by atoms with Crippen molar-refractivity contribution in [3.05, 3.63) is 97.1 Å². The maximum Gasteiger partial charge on any atom is 0.258 e. The first kappa shape index (κ1) is 19.4. The Morgan fingerprint density at radius 1 is 0.967 bits per heavy atom. The van der Waals surface area contributed by atoms with Crippen LogP contribution in [0.2, 0.25) is 0 Å². The number of hydrogen-bond acceptors (Lipinski definition) is 4. The topological polar surface area (TPSA) is 69.0 Å². The fourth-order valence-electron chi connectivity index (χ4n) is 3.15. The monoisotopic (exact) mass is 398 g/mol. The summed E-state index contributed by atoms with van der Waals surface area (Å²) in [6.07, 6.45) is 3.13. The van der Waals surface area contributed by atoms with Crippen molar-refractivity contribution in [1.82, 2.24) is 20.1 Å². The summed E-state index contributed by atoms with van der Waals surface area (Å²) in [7, 11) is 0. The van der Waals surface area contributed by atoms with Gasteiger partial charge in [0, 0.05) is 0 Å². The smallest absolute Gasteiger partial charge is 0.258 e. The van der Waals surface area contributed by atoms with Gasteiger partial charge in [-0.05, 0) is 47.9 Å². The van der Waals surface area contributed by atoms with Crippen LogP contribution in [0.3, 0.4) is 0 Å². The number of amides is 1. The maximum absolute atomic E-state index is 12.3. The normalized spacial score (nSPS) is 11.6. The third kappa shape index (κ3) is 4.72. The van der Waals surface area contributed by atoms with E-state index in [0.717, 1.165) is 22.4 Å². The van der Waals surface area contributed by atoms with Crippen molar-refractivity contribution in [2.45, 2.75) is 13.0 Å². The molecule has 0 aliphatic carbocycles. The van der Waals surface area contributed by atoms with Crippen molar-refractivity contribution >= 4 is 5.91 Å². The molecular formula is C24H22N4O2. The number of aromatic nitrogens is 3. The second-order valence-electron chi connectivity index (χ2n) is 6.90. The van der Waals surface area contributed by atoms with E-state index in [1.54, 1.807) is 11.0 Å². The van der Waals surface area contributed by atoms with Gasteiger partial charge >= 0.3 is 0 Å². The van der Waals surface area contributed by atoms with E-state index < -0.39 is 0 Å². The van der Waals surface area contributed by atoms with Gasteiger partial charge < -0.3 is 10.1 Å². The van der Waals surface area contributed by atoms with Crippen molar-refractivity contribution < 1.29 is 9.53 Å². The van der Waals surface area contributed by atoms with E-state index in [1.165, 1.54) is 6.33 Å². The summed E-state index contributed by atoms with van der Waals surface area (Å²) < 4.78 is 7.32. The lowest BCUT2D eigenvalue weighted by Gasteiger charge is -2.15. The van der Waals surface area contributed by atoms with Gasteiger partial charge in [-0.1, -0.05) is 54.6 Å². The van der Waals surface area contributed by atoms with Gasteiger partial charge in [-0.15, -0.1) is 0 Å². The molecular weight excluding hydrogens is 376 g/mol. The van der Waals surface area contributed by atoms with Crippen molar-refractivity contribution in [2.24, 2.45) is 0 Å². The van der Waals surface area contributed by atoms with Crippen LogP contribution in [-0.2, 0) is 4.79 Å². The Balaban J connectivity index is 1.29. The maximum atomic E-state index is 12.3. The molecule has 0 aliphatic rings. The van der Waals surface area contributed by atoms with E-state index in [0.29, 0.717) is 5.75 Å². The highest BCUT2D eigenvalue weighted by Gasteiger charge is 2.11. The summed E-state index contributed by atoms with van der Waals surface area (Å²) in [5.41, 5.74) is 4.16. The first-order valence-corrected chi connectivity index (χ1v) is 9.71. The van der Waals surface area contributed by atoms with Crippen LogP contribution in [0.4, 0.5) is 0 Å². The SMILES string of the molecule is C[C@@H](NC(=O)COc1ccc(-c2ccccc2)cc1)c1ccc(-n2cncn2)cc1. The molecule has 4 rings (SSSR count). The first-order chi connectivity index (χ1) is 14.7.